The Hall–Kier alpha value is -0.770. The molecule has 0 atom stereocenters. The van der Waals surface area contributed by atoms with E-state index in [0.717, 1.165) is 0 Å². The van der Waals surface area contributed by atoms with Crippen LogP contribution in [0.2, 0.25) is 5.02 Å². The minimum atomic E-state index is 0.549. The first-order chi connectivity index (χ1) is 5.83. The summed E-state index contributed by atoms with van der Waals surface area (Å²) in [6.07, 6.45) is 0. The van der Waals surface area contributed by atoms with E-state index >= 15 is 0 Å². The normalized spacial score (nSPS) is 9.83. The van der Waals surface area contributed by atoms with Crippen LogP contribution in [0.4, 0.5) is 0 Å². The number of benzene rings is 1. The van der Waals surface area contributed by atoms with Crippen LogP contribution in [0.3, 0.4) is 0 Å². The van der Waals surface area contributed by atoms with Gasteiger partial charge in [-0.15, -0.1) is 0 Å². The molecule has 0 aliphatic carbocycles. The maximum absolute atomic E-state index is 5.67. The molecule has 0 aliphatic rings. The second-order valence-corrected chi connectivity index (χ2v) is 2.51. The summed E-state index contributed by atoms with van der Waals surface area (Å²) in [5.41, 5.74) is 2.33. The Morgan fingerprint density at radius 1 is 1.33 bits per heavy atom. The molecule has 0 amide bonds. The summed E-state index contributed by atoms with van der Waals surface area (Å²) in [7, 11) is 0. The van der Waals surface area contributed by atoms with Gasteiger partial charge < -0.3 is 4.84 Å². The lowest BCUT2D eigenvalue weighted by molar-refractivity contribution is -0.102. The predicted octanol–water partition coefficient (Wildman–Crippen LogP) is 2.17. The van der Waals surface area contributed by atoms with Gasteiger partial charge in [0.25, 0.3) is 0 Å². The predicted molar refractivity (Wildman–Crippen MR) is 46.8 cm³/mol. The summed E-state index contributed by atoms with van der Waals surface area (Å²) < 4.78 is 0. The maximum Gasteiger partial charge on any atom is 0.150 e. The quantitative estimate of drug-likeness (QED) is 0.579. The van der Waals surface area contributed by atoms with Crippen LogP contribution in [0.15, 0.2) is 24.3 Å². The molecule has 0 bridgehead atoms. The minimum Gasteiger partial charge on any atom is -0.383 e. The Labute approximate surface area is 76.1 Å². The molecule has 1 N–H and O–H groups in total. The Morgan fingerprint density at radius 2 is 2.00 bits per heavy atom. The molecule has 1 rings (SSSR count). The zero-order chi connectivity index (χ0) is 8.81. The van der Waals surface area contributed by atoms with Crippen molar-refractivity contribution in [3.05, 3.63) is 29.3 Å². The van der Waals surface area contributed by atoms with E-state index in [1.165, 1.54) is 0 Å². The highest BCUT2D eigenvalue weighted by Gasteiger charge is 1.91. The molecule has 66 valence electrons. The molecule has 1 aromatic carbocycles. The topological polar surface area (TPSA) is 30.5 Å². The number of rotatable bonds is 4. The van der Waals surface area contributed by atoms with Crippen molar-refractivity contribution in [2.75, 3.05) is 6.61 Å². The van der Waals surface area contributed by atoms with Crippen LogP contribution in [-0.4, -0.2) is 6.61 Å². The number of hydrogen-bond acceptors (Lipinski definition) is 3. The molecule has 0 heterocycles. The summed E-state index contributed by atoms with van der Waals surface area (Å²) in [5.74, 6) is 0.660. The van der Waals surface area contributed by atoms with Gasteiger partial charge in [0.15, 0.2) is 0 Å². The van der Waals surface area contributed by atoms with Crippen LogP contribution < -0.4 is 10.5 Å². The third-order valence-corrected chi connectivity index (χ3v) is 1.43. The van der Waals surface area contributed by atoms with E-state index in [-0.39, 0.29) is 0 Å². The van der Waals surface area contributed by atoms with Gasteiger partial charge in [0, 0.05) is 5.02 Å². The standard InChI is InChI=1S/C8H10ClNO2/c1-2-11-10-12-8-5-3-7(9)4-6-8/h3-6,10H,2H2,1H3. The van der Waals surface area contributed by atoms with E-state index in [0.29, 0.717) is 17.4 Å². The second kappa shape index (κ2) is 4.98. The molecule has 0 aromatic heterocycles. The average Bonchev–Trinajstić information content (AvgIpc) is 2.09. The second-order valence-electron chi connectivity index (χ2n) is 2.07. The zero-order valence-electron chi connectivity index (χ0n) is 6.71. The van der Waals surface area contributed by atoms with Crippen molar-refractivity contribution < 1.29 is 9.68 Å². The Kier molecular flexibility index (Phi) is 3.87. The summed E-state index contributed by atoms with van der Waals surface area (Å²) >= 11 is 5.67. The van der Waals surface area contributed by atoms with Gasteiger partial charge in [0.05, 0.1) is 6.61 Å². The van der Waals surface area contributed by atoms with Gasteiger partial charge in [-0.2, -0.15) is 0 Å². The highest BCUT2D eigenvalue weighted by molar-refractivity contribution is 6.30. The SMILES string of the molecule is CCONOc1ccc(Cl)cc1. The Morgan fingerprint density at radius 3 is 2.58 bits per heavy atom. The third-order valence-electron chi connectivity index (χ3n) is 1.18. The molecule has 0 saturated heterocycles. The average molecular weight is 188 g/mol. The summed E-state index contributed by atoms with van der Waals surface area (Å²) in [5, 5.41) is 0.679. The first-order valence-corrected chi connectivity index (χ1v) is 4.00. The van der Waals surface area contributed by atoms with E-state index in [1.54, 1.807) is 24.3 Å². The van der Waals surface area contributed by atoms with Crippen molar-refractivity contribution in [1.29, 1.82) is 0 Å². The molecule has 0 fully saturated rings. The summed E-state index contributed by atoms with van der Waals surface area (Å²) in [4.78, 5) is 9.73. The maximum atomic E-state index is 5.67. The summed E-state index contributed by atoms with van der Waals surface area (Å²) in [6, 6.07) is 6.97. The summed E-state index contributed by atoms with van der Waals surface area (Å²) in [6.45, 7) is 2.41. The molecule has 1 aromatic rings. The number of nitrogens with one attached hydrogen (secondary N) is 1. The Balaban J connectivity index is 2.37. The van der Waals surface area contributed by atoms with Crippen molar-refractivity contribution >= 4 is 11.6 Å². The third kappa shape index (κ3) is 3.09. The van der Waals surface area contributed by atoms with E-state index in [2.05, 4.69) is 5.64 Å². The van der Waals surface area contributed by atoms with Gasteiger partial charge in [0.2, 0.25) is 0 Å². The van der Waals surface area contributed by atoms with Crippen LogP contribution >= 0.6 is 11.6 Å². The highest BCUT2D eigenvalue weighted by Crippen LogP contribution is 2.14. The van der Waals surface area contributed by atoms with Crippen molar-refractivity contribution in [3.8, 4) is 5.75 Å². The van der Waals surface area contributed by atoms with Crippen molar-refractivity contribution in [1.82, 2.24) is 5.64 Å². The first kappa shape index (κ1) is 9.32. The number of halogens is 1. The molecule has 0 unspecified atom stereocenters. The van der Waals surface area contributed by atoms with Crippen LogP contribution in [-0.2, 0) is 4.84 Å². The van der Waals surface area contributed by atoms with Gasteiger partial charge >= 0.3 is 0 Å². The largest absolute Gasteiger partial charge is 0.383 e. The highest BCUT2D eigenvalue weighted by atomic mass is 35.5. The Bertz CT molecular complexity index is 225. The lowest BCUT2D eigenvalue weighted by atomic mass is 10.3. The molecule has 3 nitrogen and oxygen atoms in total. The molecule has 12 heavy (non-hydrogen) atoms. The van der Waals surface area contributed by atoms with Gasteiger partial charge in [-0.3, -0.25) is 4.84 Å². The van der Waals surface area contributed by atoms with Gasteiger partial charge in [-0.1, -0.05) is 11.6 Å². The van der Waals surface area contributed by atoms with Gasteiger partial charge in [-0.05, 0) is 36.8 Å². The van der Waals surface area contributed by atoms with Crippen molar-refractivity contribution in [3.63, 3.8) is 0 Å². The van der Waals surface area contributed by atoms with Crippen LogP contribution in [0.25, 0.3) is 0 Å². The van der Waals surface area contributed by atoms with E-state index < -0.39 is 0 Å². The molecule has 4 heteroatoms. The van der Waals surface area contributed by atoms with E-state index in [1.807, 2.05) is 6.92 Å². The molecule has 0 saturated carbocycles. The zero-order valence-corrected chi connectivity index (χ0v) is 7.47. The minimum absolute atomic E-state index is 0.549. The van der Waals surface area contributed by atoms with Crippen molar-refractivity contribution in [2.24, 2.45) is 0 Å². The molecule has 0 radical (unpaired) electrons. The van der Waals surface area contributed by atoms with Crippen LogP contribution in [0.1, 0.15) is 6.92 Å². The van der Waals surface area contributed by atoms with E-state index in [9.17, 15) is 0 Å². The van der Waals surface area contributed by atoms with Gasteiger partial charge in [0.1, 0.15) is 5.75 Å². The molecular formula is C8H10ClNO2. The van der Waals surface area contributed by atoms with Gasteiger partial charge in [-0.25, -0.2) is 0 Å². The monoisotopic (exact) mass is 187 g/mol. The number of hydrogen-bond donors (Lipinski definition) is 1. The van der Waals surface area contributed by atoms with Crippen LogP contribution in [0, 0.1) is 0 Å². The fourth-order valence-corrected chi connectivity index (χ4v) is 0.765. The lowest BCUT2D eigenvalue weighted by Crippen LogP contribution is -2.18. The first-order valence-electron chi connectivity index (χ1n) is 3.62. The molecule has 0 aliphatic heterocycles. The lowest BCUT2D eigenvalue weighted by Gasteiger charge is -2.04. The molecule has 0 spiro atoms. The van der Waals surface area contributed by atoms with Crippen LogP contribution in [0.5, 0.6) is 5.75 Å². The van der Waals surface area contributed by atoms with Crippen molar-refractivity contribution in [2.45, 2.75) is 6.92 Å². The van der Waals surface area contributed by atoms with E-state index in [4.69, 9.17) is 21.3 Å². The fourth-order valence-electron chi connectivity index (χ4n) is 0.639. The smallest absolute Gasteiger partial charge is 0.150 e. The fraction of sp³-hybridized carbons (Fsp3) is 0.250. The molecular weight excluding hydrogens is 178 g/mol.